The lowest BCUT2D eigenvalue weighted by Crippen LogP contribution is -2.53. The summed E-state index contributed by atoms with van der Waals surface area (Å²) < 4.78 is 0. The fraction of sp³-hybridized carbons (Fsp3) is 0.852. The van der Waals surface area contributed by atoms with Crippen molar-refractivity contribution < 1.29 is 10.2 Å². The molecular weight excluding hydrogens is 356 g/mol. The van der Waals surface area contributed by atoms with Crippen molar-refractivity contribution >= 4 is 0 Å². The van der Waals surface area contributed by atoms with Gasteiger partial charge in [-0.15, -0.1) is 0 Å². The molecule has 2 N–H and O–H groups in total. The zero-order valence-corrected chi connectivity index (χ0v) is 19.5. The Labute approximate surface area is 178 Å². The SMILES string of the molecule is CC(C)=CCC[C@@H](C)[C@H]1CC[C@H]2[C@@H]3CC=C4[C@@H](O)[C@@H](O)CC[C@]4(C)[C@H]3CC[C@]12C. The molecule has 164 valence electrons. The molecule has 2 nitrogen and oxygen atoms in total. The molecule has 9 atom stereocenters. The van der Waals surface area contributed by atoms with E-state index in [4.69, 9.17) is 0 Å². The van der Waals surface area contributed by atoms with E-state index in [9.17, 15) is 10.2 Å². The minimum Gasteiger partial charge on any atom is -0.390 e. The van der Waals surface area contributed by atoms with Gasteiger partial charge in [0.05, 0.1) is 6.10 Å². The van der Waals surface area contributed by atoms with Crippen molar-refractivity contribution in [3.05, 3.63) is 23.3 Å². The van der Waals surface area contributed by atoms with Crippen LogP contribution in [0.25, 0.3) is 0 Å². The quantitative estimate of drug-likeness (QED) is 0.545. The van der Waals surface area contributed by atoms with Crippen molar-refractivity contribution in [2.75, 3.05) is 0 Å². The van der Waals surface area contributed by atoms with E-state index < -0.39 is 12.2 Å². The predicted octanol–water partition coefficient (Wildman–Crippen LogP) is 6.28. The minimum atomic E-state index is -0.630. The number of aliphatic hydroxyl groups excluding tert-OH is 2. The van der Waals surface area contributed by atoms with Gasteiger partial charge in [-0.2, -0.15) is 0 Å². The van der Waals surface area contributed by atoms with E-state index >= 15 is 0 Å². The van der Waals surface area contributed by atoms with Crippen molar-refractivity contribution in [2.45, 2.75) is 105 Å². The van der Waals surface area contributed by atoms with Crippen molar-refractivity contribution in [3.63, 3.8) is 0 Å². The van der Waals surface area contributed by atoms with E-state index in [1.165, 1.54) is 49.7 Å². The molecule has 2 heteroatoms. The first kappa shape index (κ1) is 21.6. The van der Waals surface area contributed by atoms with Gasteiger partial charge in [-0.25, -0.2) is 0 Å². The smallest absolute Gasteiger partial charge is 0.101 e. The summed E-state index contributed by atoms with van der Waals surface area (Å²) >= 11 is 0. The summed E-state index contributed by atoms with van der Waals surface area (Å²) in [5.74, 6) is 4.00. The highest BCUT2D eigenvalue weighted by Crippen LogP contribution is 2.67. The summed E-state index contributed by atoms with van der Waals surface area (Å²) in [6, 6.07) is 0. The summed E-state index contributed by atoms with van der Waals surface area (Å²) in [5, 5.41) is 20.9. The summed E-state index contributed by atoms with van der Waals surface area (Å²) in [6.45, 7) is 12.0. The number of aliphatic hydroxyl groups is 2. The summed E-state index contributed by atoms with van der Waals surface area (Å²) in [4.78, 5) is 0. The lowest BCUT2D eigenvalue weighted by atomic mass is 9.46. The van der Waals surface area contributed by atoms with Crippen LogP contribution < -0.4 is 0 Å². The molecule has 0 amide bonds. The number of hydrogen-bond donors (Lipinski definition) is 2. The Hall–Kier alpha value is -0.600. The molecule has 0 aliphatic heterocycles. The third-order valence-electron chi connectivity index (χ3n) is 10.1. The molecule has 4 rings (SSSR count). The molecule has 0 bridgehead atoms. The number of rotatable bonds is 4. The zero-order chi connectivity index (χ0) is 21.0. The van der Waals surface area contributed by atoms with Crippen molar-refractivity contribution in [2.24, 2.45) is 40.4 Å². The highest BCUT2D eigenvalue weighted by Gasteiger charge is 2.60. The van der Waals surface area contributed by atoms with Crippen molar-refractivity contribution in [3.8, 4) is 0 Å². The monoisotopic (exact) mass is 400 g/mol. The number of fused-ring (bicyclic) bond motifs is 5. The standard InChI is InChI=1S/C27H44O2/c1-17(2)7-6-8-18(3)20-11-12-21-19-9-10-23-25(29)24(28)14-16-27(23,5)22(19)13-15-26(20,21)4/h7,10,18-22,24-25,28-29H,6,8-9,11-16H2,1-5H3/t18-,19+,20-,21+,22+,24+,25-,26-,27-/m1/s1. The average Bonchev–Trinajstić information content (AvgIpc) is 3.02. The van der Waals surface area contributed by atoms with Crippen LogP contribution in [0.5, 0.6) is 0 Å². The van der Waals surface area contributed by atoms with Gasteiger partial charge in [0.25, 0.3) is 0 Å². The van der Waals surface area contributed by atoms with Crippen LogP contribution in [0.15, 0.2) is 23.3 Å². The fourth-order valence-electron chi connectivity index (χ4n) is 8.53. The van der Waals surface area contributed by atoms with E-state index in [2.05, 4.69) is 46.8 Å². The van der Waals surface area contributed by atoms with Crippen LogP contribution in [0, 0.1) is 40.4 Å². The molecule has 4 aliphatic rings. The first-order valence-corrected chi connectivity index (χ1v) is 12.4. The molecule has 0 spiro atoms. The topological polar surface area (TPSA) is 40.5 Å². The molecule has 0 aromatic carbocycles. The van der Waals surface area contributed by atoms with Crippen molar-refractivity contribution in [1.29, 1.82) is 0 Å². The first-order valence-electron chi connectivity index (χ1n) is 12.4. The van der Waals surface area contributed by atoms with Gasteiger partial charge in [-0.1, -0.05) is 38.5 Å². The maximum atomic E-state index is 10.7. The van der Waals surface area contributed by atoms with Gasteiger partial charge < -0.3 is 10.2 Å². The van der Waals surface area contributed by atoms with E-state index in [1.54, 1.807) is 0 Å². The molecule has 3 saturated carbocycles. The van der Waals surface area contributed by atoms with Crippen LogP contribution in [0.1, 0.15) is 92.4 Å². The summed E-state index contributed by atoms with van der Waals surface area (Å²) in [5.41, 5.74) is 3.23. The van der Waals surface area contributed by atoms with Gasteiger partial charge in [0.15, 0.2) is 0 Å². The predicted molar refractivity (Wildman–Crippen MR) is 120 cm³/mol. The zero-order valence-electron chi connectivity index (χ0n) is 19.5. The van der Waals surface area contributed by atoms with Gasteiger partial charge in [0.1, 0.15) is 6.10 Å². The molecule has 29 heavy (non-hydrogen) atoms. The van der Waals surface area contributed by atoms with Crippen LogP contribution >= 0.6 is 0 Å². The van der Waals surface area contributed by atoms with Gasteiger partial charge in [0.2, 0.25) is 0 Å². The Morgan fingerprint density at radius 1 is 1.10 bits per heavy atom. The highest BCUT2D eigenvalue weighted by molar-refractivity contribution is 5.29. The lowest BCUT2D eigenvalue weighted by Gasteiger charge is -2.59. The molecular formula is C27H44O2. The molecule has 0 aromatic heterocycles. The maximum Gasteiger partial charge on any atom is 0.101 e. The van der Waals surface area contributed by atoms with Crippen LogP contribution in [0.3, 0.4) is 0 Å². The van der Waals surface area contributed by atoms with Gasteiger partial charge >= 0.3 is 0 Å². The molecule has 0 heterocycles. The molecule has 0 radical (unpaired) electrons. The van der Waals surface area contributed by atoms with E-state index in [1.807, 2.05) is 0 Å². The molecule has 0 aromatic rings. The number of allylic oxidation sites excluding steroid dienone is 3. The second kappa shape index (κ2) is 7.83. The first-order chi connectivity index (χ1) is 13.7. The lowest BCUT2D eigenvalue weighted by molar-refractivity contribution is -0.0800. The Bertz CT molecular complexity index is 674. The third-order valence-corrected chi connectivity index (χ3v) is 10.1. The average molecular weight is 401 g/mol. The largest absolute Gasteiger partial charge is 0.390 e. The molecule has 4 aliphatic carbocycles. The number of hydrogen-bond acceptors (Lipinski definition) is 2. The van der Waals surface area contributed by atoms with Crippen LogP contribution in [0.2, 0.25) is 0 Å². The van der Waals surface area contributed by atoms with E-state index in [0.29, 0.717) is 11.3 Å². The van der Waals surface area contributed by atoms with E-state index in [0.717, 1.165) is 42.9 Å². The second-order valence-corrected chi connectivity index (χ2v) is 11.8. The highest BCUT2D eigenvalue weighted by atomic mass is 16.3. The summed E-state index contributed by atoms with van der Waals surface area (Å²) in [6.07, 6.45) is 14.6. The Morgan fingerprint density at radius 2 is 1.86 bits per heavy atom. The van der Waals surface area contributed by atoms with Gasteiger partial charge in [-0.05, 0) is 118 Å². The minimum absolute atomic E-state index is 0.107. The molecule has 0 saturated heterocycles. The Morgan fingerprint density at radius 3 is 2.59 bits per heavy atom. The van der Waals surface area contributed by atoms with Crippen LogP contribution in [0.4, 0.5) is 0 Å². The molecule has 0 unspecified atom stereocenters. The third kappa shape index (κ3) is 3.47. The summed E-state index contributed by atoms with van der Waals surface area (Å²) in [7, 11) is 0. The van der Waals surface area contributed by atoms with Gasteiger partial charge in [0, 0.05) is 0 Å². The van der Waals surface area contributed by atoms with Crippen molar-refractivity contribution in [1.82, 2.24) is 0 Å². The Balaban J connectivity index is 1.53. The van der Waals surface area contributed by atoms with Gasteiger partial charge in [-0.3, -0.25) is 0 Å². The maximum absolute atomic E-state index is 10.7. The van der Waals surface area contributed by atoms with Crippen LogP contribution in [-0.4, -0.2) is 22.4 Å². The fourth-order valence-corrected chi connectivity index (χ4v) is 8.53. The second-order valence-electron chi connectivity index (χ2n) is 11.8. The molecule has 3 fully saturated rings. The Kier molecular flexibility index (Phi) is 5.84. The van der Waals surface area contributed by atoms with Crippen LogP contribution in [-0.2, 0) is 0 Å². The van der Waals surface area contributed by atoms with E-state index in [-0.39, 0.29) is 5.41 Å². The normalized spacial score (nSPS) is 47.5.